The molecule has 1 rings (SSSR count). The van der Waals surface area contributed by atoms with Crippen molar-refractivity contribution in [2.45, 2.75) is 464 Å². The van der Waals surface area contributed by atoms with Crippen molar-refractivity contribution in [3.05, 3.63) is 0 Å². The molecule has 0 atom stereocenters. The van der Waals surface area contributed by atoms with Crippen molar-refractivity contribution in [2.24, 2.45) is 0 Å². The van der Waals surface area contributed by atoms with Gasteiger partial charge >= 0.3 is 18.0 Å². The minimum atomic E-state index is 0.332. The third-order valence-corrected chi connectivity index (χ3v) is 23.0. The fraction of sp³-hybridized carbons (Fsp3) is 0.964. The number of hydrogen-bond acceptors (Lipinski definition) is 9. The topological polar surface area (TPSA) is 66.4 Å². The van der Waals surface area contributed by atoms with E-state index in [0.29, 0.717) is 37.9 Å². The van der Waals surface area contributed by atoms with Crippen LogP contribution < -0.4 is 14.2 Å². The molecule has 1 aromatic rings. The Labute approximate surface area is 596 Å². The van der Waals surface area contributed by atoms with Gasteiger partial charge < -0.3 is 14.2 Å². The van der Waals surface area contributed by atoms with Crippen LogP contribution in [0.1, 0.15) is 464 Å². The molecule has 0 amide bonds. The van der Waals surface area contributed by atoms with Crippen molar-refractivity contribution in [3.63, 3.8) is 0 Å². The van der Waals surface area contributed by atoms with E-state index in [1.807, 2.05) is 0 Å². The highest BCUT2D eigenvalue weighted by atomic mass is 32.2. The third kappa shape index (κ3) is 75.5. The average Bonchev–Trinajstić information content (AvgIpc) is 2.85. The van der Waals surface area contributed by atoms with E-state index in [2.05, 4.69) is 71.0 Å². The van der Waals surface area contributed by atoms with Crippen LogP contribution in [0.15, 0.2) is 0 Å². The number of hydrogen-bond donors (Lipinski definition) is 0. The first-order chi connectivity index (χ1) is 46.3. The van der Waals surface area contributed by atoms with Crippen LogP contribution in [0, 0.1) is 0 Å². The van der Waals surface area contributed by atoms with Crippen molar-refractivity contribution >= 4 is 35.3 Å². The number of rotatable bonds is 84. The maximum absolute atomic E-state index is 6.12. The van der Waals surface area contributed by atoms with Crippen LogP contribution in [0.2, 0.25) is 0 Å². The Kier molecular flexibility index (Phi) is 79.9. The highest BCUT2D eigenvalue weighted by Gasteiger charge is 2.11. The van der Waals surface area contributed by atoms with Crippen LogP contribution in [0.5, 0.6) is 18.0 Å². The Balaban J connectivity index is 2.19. The van der Waals surface area contributed by atoms with Gasteiger partial charge in [-0.2, -0.15) is 35.3 Å². The summed E-state index contributed by atoms with van der Waals surface area (Å²) >= 11 is 6.19. The summed E-state index contributed by atoms with van der Waals surface area (Å²) in [5, 5.41) is 0. The quantitative estimate of drug-likeness (QED) is 0.0594. The van der Waals surface area contributed by atoms with E-state index in [9.17, 15) is 0 Å². The highest BCUT2D eigenvalue weighted by molar-refractivity contribution is 7.99. The normalized spacial score (nSPS) is 11.6. The lowest BCUT2D eigenvalue weighted by atomic mass is 10.0. The van der Waals surface area contributed by atoms with Crippen LogP contribution in [0.4, 0.5) is 0 Å². The van der Waals surface area contributed by atoms with Gasteiger partial charge in [0, 0.05) is 0 Å². The van der Waals surface area contributed by atoms with Crippen molar-refractivity contribution in [2.75, 3.05) is 54.3 Å². The molecule has 0 saturated heterocycles. The van der Waals surface area contributed by atoms with E-state index >= 15 is 0 Å². The Morgan fingerprint density at radius 3 is 0.419 bits per heavy atom. The lowest BCUT2D eigenvalue weighted by Gasteiger charge is -2.10. The molecular weight excluding hydrogens is 1200 g/mol. The van der Waals surface area contributed by atoms with Gasteiger partial charge in [-0.25, -0.2) is 0 Å². The molecule has 1 heterocycles. The van der Waals surface area contributed by atoms with Gasteiger partial charge in [-0.3, -0.25) is 0 Å². The number of nitrogens with zero attached hydrogens (tertiary/aromatic N) is 3. The number of unbranched alkanes of at least 4 members (excludes halogenated alkanes) is 63. The fourth-order valence-electron chi connectivity index (χ4n) is 13.2. The molecule has 0 N–H and O–H groups in total. The first kappa shape index (κ1) is 90.5. The van der Waals surface area contributed by atoms with Crippen LogP contribution in [-0.4, -0.2) is 69.3 Å². The van der Waals surface area contributed by atoms with Crippen molar-refractivity contribution in [3.8, 4) is 18.0 Å². The summed E-state index contributed by atoms with van der Waals surface area (Å²) in [6.45, 7) is 8.73. The fourth-order valence-corrected chi connectivity index (χ4v) is 16.0. The molecule has 0 unspecified atom stereocenters. The lowest BCUT2D eigenvalue weighted by molar-refractivity contribution is 0.236. The van der Waals surface area contributed by atoms with Crippen molar-refractivity contribution in [1.29, 1.82) is 0 Å². The van der Waals surface area contributed by atoms with E-state index in [0.717, 1.165) is 36.5 Å². The molecule has 0 fully saturated rings. The van der Waals surface area contributed by atoms with E-state index < -0.39 is 0 Å². The Bertz CT molecular complexity index is 1330. The van der Waals surface area contributed by atoms with Crippen LogP contribution >= 0.6 is 35.3 Å². The second kappa shape index (κ2) is 82.1. The van der Waals surface area contributed by atoms with Crippen LogP contribution in [-0.2, 0) is 0 Å². The van der Waals surface area contributed by atoms with E-state index in [-0.39, 0.29) is 0 Å². The molecule has 1 aromatic heterocycles. The monoisotopic (exact) mass is 1360 g/mol. The summed E-state index contributed by atoms with van der Waals surface area (Å²) < 4.78 is 18.4. The molecule has 0 spiro atoms. The first-order valence-electron chi connectivity index (χ1n) is 42.7. The van der Waals surface area contributed by atoms with Gasteiger partial charge in [-0.1, -0.05) is 425 Å². The summed E-state index contributed by atoms with van der Waals surface area (Å²) in [6.07, 6.45) is 97.9. The van der Waals surface area contributed by atoms with E-state index in [4.69, 9.17) is 14.2 Å². The first-order valence-corrected chi connectivity index (χ1v) is 46.1. The molecule has 0 bridgehead atoms. The van der Waals surface area contributed by atoms with Crippen LogP contribution in [0.3, 0.4) is 0 Å². The number of aromatic nitrogens is 3. The van der Waals surface area contributed by atoms with Crippen molar-refractivity contribution in [1.82, 2.24) is 15.0 Å². The average molecular weight is 1360 g/mol. The SMILES string of the molecule is CCCCCCCCCCCCCCCCCCCCCCCCSCCCOc1nc(OCCCSCCCCCCCCCCCCCCCCCCCCCCCC)nc(OCCCSCCCCCCCCCCCCCCCCCCCCCCCC)n1. The standard InChI is InChI=1S/C84H165N3O3S3/c1-4-7-10-13-16-19-22-25-28-31-34-37-40-43-46-49-52-55-58-61-64-67-76-91-79-70-73-88-82-85-83(89-74-71-80-92-77-68-65-62-59-56-53-50-47-44-41-38-35-32-29-26-23-20-17-14-11-8-5-2)87-84(86-82)90-75-72-81-93-78-69-66-63-60-57-54-51-48-45-42-39-36-33-30-27-24-21-18-15-12-9-6-3/h4-81H2,1-3H3. The van der Waals surface area contributed by atoms with E-state index in [1.165, 1.54) is 441 Å². The summed E-state index contributed by atoms with van der Waals surface area (Å²) in [4.78, 5) is 13.7. The van der Waals surface area contributed by atoms with Gasteiger partial charge in [-0.05, 0) is 73.0 Å². The minimum absolute atomic E-state index is 0.332. The maximum atomic E-state index is 6.12. The largest absolute Gasteiger partial charge is 0.463 e. The molecule has 552 valence electrons. The van der Waals surface area contributed by atoms with Crippen molar-refractivity contribution < 1.29 is 14.2 Å². The third-order valence-electron chi connectivity index (χ3n) is 19.5. The van der Waals surface area contributed by atoms with Gasteiger partial charge in [0.05, 0.1) is 19.8 Å². The zero-order valence-corrected chi connectivity index (χ0v) is 65.9. The maximum Gasteiger partial charge on any atom is 0.325 e. The summed E-state index contributed by atoms with van der Waals surface area (Å²) in [7, 11) is 0. The second-order valence-corrected chi connectivity index (χ2v) is 32.6. The minimum Gasteiger partial charge on any atom is -0.463 e. The zero-order valence-electron chi connectivity index (χ0n) is 63.4. The molecular formula is C84H165N3O3S3. The van der Waals surface area contributed by atoms with E-state index in [1.54, 1.807) is 0 Å². The molecule has 6 nitrogen and oxygen atoms in total. The Hall–Kier alpha value is -0.540. The van der Waals surface area contributed by atoms with Gasteiger partial charge in [0.1, 0.15) is 0 Å². The molecule has 93 heavy (non-hydrogen) atoms. The van der Waals surface area contributed by atoms with Gasteiger partial charge in [0.25, 0.3) is 0 Å². The molecule has 0 aliphatic heterocycles. The zero-order chi connectivity index (χ0) is 66.3. The van der Waals surface area contributed by atoms with Gasteiger partial charge in [0.15, 0.2) is 0 Å². The molecule has 0 radical (unpaired) electrons. The summed E-state index contributed by atoms with van der Waals surface area (Å²) in [6, 6.07) is 0.996. The van der Waals surface area contributed by atoms with Gasteiger partial charge in [-0.15, -0.1) is 15.0 Å². The summed E-state index contributed by atoms with van der Waals surface area (Å²) in [5.41, 5.74) is 0. The molecule has 0 aromatic carbocycles. The second-order valence-electron chi connectivity index (χ2n) is 28.9. The Morgan fingerprint density at radius 1 is 0.161 bits per heavy atom. The summed E-state index contributed by atoms with van der Waals surface area (Å²) in [5.74, 6) is 7.05. The molecule has 0 aliphatic rings. The number of thioether (sulfide) groups is 3. The number of ether oxygens (including phenoxy) is 3. The Morgan fingerprint density at radius 2 is 0.280 bits per heavy atom. The molecule has 0 saturated carbocycles. The van der Waals surface area contributed by atoms with Gasteiger partial charge in [0.2, 0.25) is 0 Å². The van der Waals surface area contributed by atoms with Crippen LogP contribution in [0.25, 0.3) is 0 Å². The predicted molar refractivity (Wildman–Crippen MR) is 424 cm³/mol. The molecule has 0 aliphatic carbocycles. The predicted octanol–water partition coefficient (Wildman–Crippen LogP) is 30.2. The highest BCUT2D eigenvalue weighted by Crippen LogP contribution is 2.23. The lowest BCUT2D eigenvalue weighted by Crippen LogP contribution is -2.10. The molecule has 9 heteroatoms. The smallest absolute Gasteiger partial charge is 0.325 e.